The third-order valence-electron chi connectivity index (χ3n) is 2.57. The molecule has 1 radical (unpaired) electrons. The van der Waals surface area contributed by atoms with Crippen molar-refractivity contribution in [3.05, 3.63) is 19.1 Å². The summed E-state index contributed by atoms with van der Waals surface area (Å²) in [6, 6.07) is 0. The van der Waals surface area contributed by atoms with E-state index in [2.05, 4.69) is 26.8 Å². The van der Waals surface area contributed by atoms with Crippen LogP contribution in [-0.2, 0) is 0 Å². The van der Waals surface area contributed by atoms with Crippen molar-refractivity contribution in [2.45, 2.75) is 65.2 Å². The molecule has 0 amide bonds. The third-order valence-corrected chi connectivity index (χ3v) is 2.57. The Hall–Kier alpha value is -0.260. The maximum absolute atomic E-state index is 3.68. The van der Waals surface area contributed by atoms with Gasteiger partial charge in [0.2, 0.25) is 0 Å². The first-order valence-corrected chi connectivity index (χ1v) is 6.21. The SMILES string of the molecule is [CH2]/C=C/CCCCCCCCC(C)C. The molecule has 0 spiro atoms. The van der Waals surface area contributed by atoms with E-state index in [1.54, 1.807) is 0 Å². The van der Waals surface area contributed by atoms with Gasteiger partial charge in [-0.2, -0.15) is 0 Å². The van der Waals surface area contributed by atoms with E-state index >= 15 is 0 Å². The number of allylic oxidation sites excluding steroid dienone is 2. The van der Waals surface area contributed by atoms with Gasteiger partial charge in [-0.3, -0.25) is 0 Å². The van der Waals surface area contributed by atoms with Crippen molar-refractivity contribution < 1.29 is 0 Å². The quantitative estimate of drug-likeness (QED) is 0.446. The maximum atomic E-state index is 3.68. The minimum Gasteiger partial charge on any atom is -0.0885 e. The molecule has 0 saturated carbocycles. The highest BCUT2D eigenvalue weighted by Gasteiger charge is 1.94. The summed E-state index contributed by atoms with van der Waals surface area (Å²) in [6.45, 7) is 8.30. The minimum absolute atomic E-state index is 0.886. The molecule has 83 valence electrons. The second-order valence-corrected chi connectivity index (χ2v) is 4.56. The average Bonchev–Trinajstić information content (AvgIpc) is 2.15. The molecule has 0 heteroatoms. The molecule has 0 N–H and O–H groups in total. The molecule has 0 aliphatic heterocycles. The molecule has 0 heterocycles. The van der Waals surface area contributed by atoms with Gasteiger partial charge in [-0.1, -0.05) is 64.5 Å². The predicted molar refractivity (Wildman–Crippen MR) is 66.3 cm³/mol. The van der Waals surface area contributed by atoms with Gasteiger partial charge in [0.1, 0.15) is 0 Å². The summed E-state index contributed by atoms with van der Waals surface area (Å²) in [6.07, 6.45) is 15.1. The molecule has 0 atom stereocenters. The van der Waals surface area contributed by atoms with Gasteiger partial charge in [0, 0.05) is 0 Å². The highest BCUT2D eigenvalue weighted by molar-refractivity contribution is 4.83. The van der Waals surface area contributed by atoms with Crippen molar-refractivity contribution in [2.75, 3.05) is 0 Å². The topological polar surface area (TPSA) is 0 Å². The summed E-state index contributed by atoms with van der Waals surface area (Å²) in [5.41, 5.74) is 0. The first kappa shape index (κ1) is 13.7. The average molecular weight is 195 g/mol. The van der Waals surface area contributed by atoms with Crippen LogP contribution in [0.25, 0.3) is 0 Å². The fraction of sp³-hybridized carbons (Fsp3) is 0.786. The number of unbranched alkanes of at least 4 members (excludes halogenated alkanes) is 6. The molecule has 0 fully saturated rings. The predicted octanol–water partition coefficient (Wildman–Crippen LogP) is 5.15. The van der Waals surface area contributed by atoms with Crippen molar-refractivity contribution in [1.82, 2.24) is 0 Å². The van der Waals surface area contributed by atoms with Crippen LogP contribution in [-0.4, -0.2) is 0 Å². The Morgan fingerprint density at radius 2 is 1.50 bits per heavy atom. The van der Waals surface area contributed by atoms with Crippen molar-refractivity contribution in [1.29, 1.82) is 0 Å². The summed E-state index contributed by atoms with van der Waals surface area (Å²) in [7, 11) is 0. The van der Waals surface area contributed by atoms with Crippen LogP contribution < -0.4 is 0 Å². The molecule has 0 aliphatic carbocycles. The van der Waals surface area contributed by atoms with Crippen molar-refractivity contribution in [3.63, 3.8) is 0 Å². The minimum atomic E-state index is 0.886. The van der Waals surface area contributed by atoms with Gasteiger partial charge in [0.05, 0.1) is 0 Å². The summed E-state index contributed by atoms with van der Waals surface area (Å²) >= 11 is 0. The van der Waals surface area contributed by atoms with Crippen LogP contribution in [0, 0.1) is 12.8 Å². The lowest BCUT2D eigenvalue weighted by Crippen LogP contribution is -1.87. The van der Waals surface area contributed by atoms with Gasteiger partial charge in [-0.15, -0.1) is 0 Å². The largest absolute Gasteiger partial charge is 0.0885 e. The highest BCUT2D eigenvalue weighted by atomic mass is 14.0. The van der Waals surface area contributed by atoms with Crippen molar-refractivity contribution in [3.8, 4) is 0 Å². The first-order chi connectivity index (χ1) is 6.77. The Labute approximate surface area is 90.8 Å². The van der Waals surface area contributed by atoms with Crippen LogP contribution in [0.3, 0.4) is 0 Å². The zero-order chi connectivity index (χ0) is 10.6. The van der Waals surface area contributed by atoms with Gasteiger partial charge in [0.25, 0.3) is 0 Å². The summed E-state index contributed by atoms with van der Waals surface area (Å²) in [5.74, 6) is 0.886. The Morgan fingerprint density at radius 3 is 2.07 bits per heavy atom. The smallest absolute Gasteiger partial charge is 0.0316 e. The van der Waals surface area contributed by atoms with Crippen LogP contribution in [0.5, 0.6) is 0 Å². The Bertz CT molecular complexity index is 122. The normalized spacial score (nSPS) is 11.7. The molecule has 0 saturated heterocycles. The van der Waals surface area contributed by atoms with Crippen LogP contribution in [0.15, 0.2) is 12.2 Å². The van der Waals surface area contributed by atoms with E-state index in [4.69, 9.17) is 0 Å². The second-order valence-electron chi connectivity index (χ2n) is 4.56. The van der Waals surface area contributed by atoms with Gasteiger partial charge < -0.3 is 0 Å². The Balaban J connectivity index is 2.92. The molecule has 0 bridgehead atoms. The van der Waals surface area contributed by atoms with Gasteiger partial charge in [-0.25, -0.2) is 0 Å². The molecular formula is C14H27. The summed E-state index contributed by atoms with van der Waals surface area (Å²) in [4.78, 5) is 0. The number of hydrogen-bond donors (Lipinski definition) is 0. The van der Waals surface area contributed by atoms with Gasteiger partial charge in [0.15, 0.2) is 0 Å². The molecule has 0 aromatic rings. The van der Waals surface area contributed by atoms with Gasteiger partial charge >= 0.3 is 0 Å². The van der Waals surface area contributed by atoms with E-state index in [0.29, 0.717) is 0 Å². The molecule has 0 rings (SSSR count). The van der Waals surface area contributed by atoms with E-state index in [0.717, 1.165) is 5.92 Å². The van der Waals surface area contributed by atoms with Crippen LogP contribution in [0.2, 0.25) is 0 Å². The van der Waals surface area contributed by atoms with Crippen LogP contribution in [0.1, 0.15) is 65.2 Å². The number of hydrogen-bond acceptors (Lipinski definition) is 0. The van der Waals surface area contributed by atoms with E-state index in [1.807, 2.05) is 6.08 Å². The Morgan fingerprint density at radius 1 is 0.929 bits per heavy atom. The second kappa shape index (κ2) is 10.8. The van der Waals surface area contributed by atoms with E-state index in [1.165, 1.54) is 51.4 Å². The third kappa shape index (κ3) is 11.7. The lowest BCUT2D eigenvalue weighted by Gasteiger charge is -2.03. The zero-order valence-corrected chi connectivity index (χ0v) is 10.1. The molecule has 0 nitrogen and oxygen atoms in total. The van der Waals surface area contributed by atoms with E-state index < -0.39 is 0 Å². The zero-order valence-electron chi connectivity index (χ0n) is 10.1. The van der Waals surface area contributed by atoms with Crippen molar-refractivity contribution >= 4 is 0 Å². The summed E-state index contributed by atoms with van der Waals surface area (Å²) < 4.78 is 0. The Kier molecular flexibility index (Phi) is 10.6. The lowest BCUT2D eigenvalue weighted by atomic mass is 10.0. The maximum Gasteiger partial charge on any atom is -0.0316 e. The molecule has 14 heavy (non-hydrogen) atoms. The van der Waals surface area contributed by atoms with E-state index in [9.17, 15) is 0 Å². The first-order valence-electron chi connectivity index (χ1n) is 6.21. The monoisotopic (exact) mass is 195 g/mol. The number of rotatable bonds is 9. The summed E-state index contributed by atoms with van der Waals surface area (Å²) in [5, 5.41) is 0. The fourth-order valence-electron chi connectivity index (χ4n) is 1.64. The van der Waals surface area contributed by atoms with Crippen LogP contribution in [0.4, 0.5) is 0 Å². The standard InChI is InChI=1S/C14H27/c1-4-5-6-7-8-9-10-11-12-13-14(2)3/h4-5,14H,1,6-13H2,2-3H3/b5-4+. The highest BCUT2D eigenvalue weighted by Crippen LogP contribution is 2.11. The molecule has 0 aliphatic rings. The van der Waals surface area contributed by atoms with E-state index in [-0.39, 0.29) is 0 Å². The molecule has 0 unspecified atom stereocenters. The van der Waals surface area contributed by atoms with Crippen LogP contribution >= 0.6 is 0 Å². The lowest BCUT2D eigenvalue weighted by molar-refractivity contribution is 0.512. The molecule has 0 aromatic carbocycles. The van der Waals surface area contributed by atoms with Gasteiger partial charge in [-0.05, 0) is 25.7 Å². The molecular weight excluding hydrogens is 168 g/mol. The fourth-order valence-corrected chi connectivity index (χ4v) is 1.64. The molecule has 0 aromatic heterocycles. The van der Waals surface area contributed by atoms with Crippen molar-refractivity contribution in [2.24, 2.45) is 5.92 Å².